The summed E-state index contributed by atoms with van der Waals surface area (Å²) in [6, 6.07) is 6.40. The van der Waals surface area contributed by atoms with Gasteiger partial charge in [-0.2, -0.15) is 9.61 Å². The molecule has 0 aliphatic carbocycles. The molecule has 1 radical (unpaired) electrons. The molecule has 0 spiro atoms. The lowest BCUT2D eigenvalue weighted by atomic mass is 9.75. The van der Waals surface area contributed by atoms with Crippen LogP contribution in [0.2, 0.25) is 6.82 Å². The van der Waals surface area contributed by atoms with Crippen molar-refractivity contribution in [1.82, 2.24) is 14.6 Å². The molecule has 157 valence electrons. The minimum absolute atomic E-state index is 0.197. The van der Waals surface area contributed by atoms with Gasteiger partial charge in [0.1, 0.15) is 18.7 Å². The molecule has 2 N–H and O–H groups in total. The lowest BCUT2D eigenvalue weighted by Crippen LogP contribution is -2.41. The van der Waals surface area contributed by atoms with E-state index in [0.29, 0.717) is 12.6 Å². The largest absolute Gasteiger partial charge is 0.396 e. The molecule has 1 saturated heterocycles. The smallest absolute Gasteiger partial charge is 0.227 e. The predicted octanol–water partition coefficient (Wildman–Crippen LogP) is 0.806. The van der Waals surface area contributed by atoms with Crippen LogP contribution in [0, 0.1) is 0 Å². The van der Waals surface area contributed by atoms with Crippen LogP contribution < -0.4 is 25.2 Å². The first-order valence-corrected chi connectivity index (χ1v) is 10.6. The van der Waals surface area contributed by atoms with Crippen molar-refractivity contribution in [3.05, 3.63) is 42.4 Å². The normalized spacial score (nSPS) is 16.6. The summed E-state index contributed by atoms with van der Waals surface area (Å²) in [6.45, 7) is 3.79. The topological polar surface area (TPSA) is 78.8 Å². The zero-order valence-electron chi connectivity index (χ0n) is 17.7. The number of aromatic nitrogens is 4. The molecule has 8 nitrogen and oxygen atoms in total. The quantitative estimate of drug-likeness (QED) is 0.424. The Bertz CT molecular complexity index is 993. The molecule has 0 bridgehead atoms. The number of nitrogens with one attached hydrogen (secondary N) is 1. The first-order chi connectivity index (χ1) is 14.7. The Labute approximate surface area is 177 Å². The molecule has 3 aromatic rings. The van der Waals surface area contributed by atoms with Crippen molar-refractivity contribution >= 4 is 30.0 Å². The monoisotopic (exact) mass is 408 g/mol. The van der Waals surface area contributed by atoms with Crippen LogP contribution in [0.15, 0.2) is 36.8 Å². The molecule has 1 aliphatic heterocycles. The molecule has 4 rings (SSSR count). The van der Waals surface area contributed by atoms with Crippen molar-refractivity contribution in [3.63, 3.8) is 0 Å². The van der Waals surface area contributed by atoms with Gasteiger partial charge in [0, 0.05) is 54.4 Å². The zero-order valence-corrected chi connectivity index (χ0v) is 17.7. The summed E-state index contributed by atoms with van der Waals surface area (Å²) < 4.78 is 3.53. The summed E-state index contributed by atoms with van der Waals surface area (Å²) in [5.74, 6) is 1.83. The number of pyridine rings is 1. The van der Waals surface area contributed by atoms with Gasteiger partial charge < -0.3 is 15.3 Å². The van der Waals surface area contributed by atoms with E-state index in [9.17, 15) is 5.11 Å². The molecule has 0 amide bonds. The van der Waals surface area contributed by atoms with Crippen LogP contribution in [-0.4, -0.2) is 53.3 Å². The molecule has 9 heteroatoms. The average molecular weight is 408 g/mol. The van der Waals surface area contributed by atoms with Gasteiger partial charge in [-0.15, -0.1) is 0 Å². The molecule has 1 aliphatic rings. The van der Waals surface area contributed by atoms with Gasteiger partial charge in [-0.05, 0) is 37.2 Å². The summed E-state index contributed by atoms with van der Waals surface area (Å²) in [7, 11) is 3.67. The fourth-order valence-electron chi connectivity index (χ4n) is 4.11. The van der Waals surface area contributed by atoms with Gasteiger partial charge >= 0.3 is 0 Å². The number of anilines is 2. The molecule has 0 aromatic carbocycles. The van der Waals surface area contributed by atoms with Gasteiger partial charge in [-0.1, -0.05) is 6.82 Å². The van der Waals surface area contributed by atoms with E-state index >= 15 is 0 Å². The summed E-state index contributed by atoms with van der Waals surface area (Å²) in [5.41, 5.74) is 2.94. The van der Waals surface area contributed by atoms with Gasteiger partial charge in [-0.25, -0.2) is 4.98 Å². The third kappa shape index (κ3) is 4.21. The Morgan fingerprint density at radius 1 is 1.40 bits per heavy atom. The third-order valence-electron chi connectivity index (χ3n) is 5.70. The third-order valence-corrected chi connectivity index (χ3v) is 5.70. The van der Waals surface area contributed by atoms with Crippen molar-refractivity contribution in [2.75, 3.05) is 30.5 Å². The van der Waals surface area contributed by atoms with E-state index in [1.807, 2.05) is 43.3 Å². The Morgan fingerprint density at radius 3 is 3.10 bits per heavy atom. The summed E-state index contributed by atoms with van der Waals surface area (Å²) in [6.07, 6.45) is 9.85. The predicted molar refractivity (Wildman–Crippen MR) is 117 cm³/mol. The van der Waals surface area contributed by atoms with Crippen molar-refractivity contribution in [2.24, 2.45) is 0 Å². The summed E-state index contributed by atoms with van der Waals surface area (Å²) in [4.78, 5) is 12.6. The first-order valence-electron chi connectivity index (χ1n) is 10.6. The average Bonchev–Trinajstić information content (AvgIpc) is 3.21. The number of aliphatic hydroxyl groups is 1. The lowest BCUT2D eigenvalue weighted by molar-refractivity contribution is -0.885. The Kier molecular flexibility index (Phi) is 6.37. The minimum Gasteiger partial charge on any atom is -0.396 e. The van der Waals surface area contributed by atoms with Crippen LogP contribution in [0.1, 0.15) is 31.2 Å². The van der Waals surface area contributed by atoms with Gasteiger partial charge in [-0.3, -0.25) is 4.84 Å². The first kappa shape index (κ1) is 20.5. The van der Waals surface area contributed by atoms with E-state index in [0.717, 1.165) is 54.1 Å². The second-order valence-electron chi connectivity index (χ2n) is 7.59. The summed E-state index contributed by atoms with van der Waals surface area (Å²) >= 11 is 0. The fourth-order valence-corrected chi connectivity index (χ4v) is 4.11. The maximum absolute atomic E-state index is 9.52. The van der Waals surface area contributed by atoms with E-state index in [-0.39, 0.29) is 6.61 Å². The van der Waals surface area contributed by atoms with Crippen molar-refractivity contribution in [2.45, 2.75) is 45.1 Å². The van der Waals surface area contributed by atoms with E-state index < -0.39 is 0 Å². The van der Waals surface area contributed by atoms with Crippen LogP contribution in [0.3, 0.4) is 0 Å². The number of hydrogen-bond acceptors (Lipinski definition) is 6. The van der Waals surface area contributed by atoms with Crippen LogP contribution in [-0.2, 0) is 6.54 Å². The lowest BCUT2D eigenvalue weighted by Gasteiger charge is -2.36. The molecule has 1 fully saturated rings. The van der Waals surface area contributed by atoms with E-state index in [1.165, 1.54) is 6.42 Å². The van der Waals surface area contributed by atoms with Crippen molar-refractivity contribution in [3.8, 4) is 0 Å². The molecule has 3 aromatic heterocycles. The molecule has 1 unspecified atom stereocenters. The highest BCUT2D eigenvalue weighted by Crippen LogP contribution is 2.27. The van der Waals surface area contributed by atoms with E-state index in [2.05, 4.69) is 27.4 Å². The Balaban J connectivity index is 1.68. The number of fused-ring (bicyclic) bond motifs is 1. The SMILES string of the molecule is C[B]c1cnn2c(NCc3ccc[n+](OC)c3)cc(N3CCCCC3CCO)nc12. The molecular formula is C21H29BN6O2+. The van der Waals surface area contributed by atoms with Gasteiger partial charge in [0.2, 0.25) is 12.4 Å². The second kappa shape index (κ2) is 9.34. The fraction of sp³-hybridized carbons (Fsp3) is 0.476. The van der Waals surface area contributed by atoms with Crippen LogP contribution in [0.25, 0.3) is 5.65 Å². The molecule has 4 heterocycles. The minimum atomic E-state index is 0.197. The van der Waals surface area contributed by atoms with Gasteiger partial charge in [0.05, 0.1) is 0 Å². The number of hydrogen-bond donors (Lipinski definition) is 2. The number of aliphatic hydroxyl groups excluding tert-OH is 1. The highest BCUT2D eigenvalue weighted by molar-refractivity contribution is 6.54. The molecule has 1 atom stereocenters. The zero-order chi connectivity index (χ0) is 20.9. The Morgan fingerprint density at radius 2 is 2.30 bits per heavy atom. The number of rotatable bonds is 8. The standard InChI is InChI=1S/C21H29BN6O2/c1-22-18-14-24-28-19(23-13-16-6-5-9-26(15-16)30-2)12-20(25-21(18)28)27-10-4-3-7-17(27)8-11-29/h5-6,9,12,14-15,17,23,29H,3-4,7-8,10-11,13H2,1-2H3/q+1. The highest BCUT2D eigenvalue weighted by atomic mass is 16.6. The Hall–Kier alpha value is -2.81. The second-order valence-corrected chi connectivity index (χ2v) is 7.59. The summed E-state index contributed by atoms with van der Waals surface area (Å²) in [5, 5.41) is 17.6. The number of nitrogens with zero attached hydrogens (tertiary/aromatic N) is 5. The van der Waals surface area contributed by atoms with Crippen molar-refractivity contribution < 1.29 is 14.7 Å². The molecule has 0 saturated carbocycles. The van der Waals surface area contributed by atoms with Gasteiger partial charge in [0.25, 0.3) is 0 Å². The molecular weight excluding hydrogens is 379 g/mol. The number of piperidine rings is 1. The maximum atomic E-state index is 9.52. The van der Waals surface area contributed by atoms with E-state index in [4.69, 9.17) is 9.82 Å². The maximum Gasteiger partial charge on any atom is 0.227 e. The van der Waals surface area contributed by atoms with Crippen molar-refractivity contribution in [1.29, 1.82) is 0 Å². The van der Waals surface area contributed by atoms with Crippen LogP contribution in [0.4, 0.5) is 11.6 Å². The van der Waals surface area contributed by atoms with Gasteiger partial charge in [0.15, 0.2) is 12.9 Å². The van der Waals surface area contributed by atoms with Crippen LogP contribution >= 0.6 is 0 Å². The van der Waals surface area contributed by atoms with Crippen LogP contribution in [0.5, 0.6) is 0 Å². The molecule has 30 heavy (non-hydrogen) atoms. The van der Waals surface area contributed by atoms with E-state index in [1.54, 1.807) is 11.8 Å². The highest BCUT2D eigenvalue weighted by Gasteiger charge is 2.25.